The second-order valence-corrected chi connectivity index (χ2v) is 9.19. The largest absolute Gasteiger partial charge is 0.340 e. The van der Waals surface area contributed by atoms with Crippen molar-refractivity contribution >= 4 is 45.6 Å². The highest BCUT2D eigenvalue weighted by Crippen LogP contribution is 2.41. The molecule has 2 amide bonds. The number of aromatic amines is 1. The van der Waals surface area contributed by atoms with E-state index >= 15 is 0 Å². The van der Waals surface area contributed by atoms with Gasteiger partial charge in [0.15, 0.2) is 0 Å². The Morgan fingerprint density at radius 3 is 2.74 bits per heavy atom. The van der Waals surface area contributed by atoms with E-state index in [-0.39, 0.29) is 17.2 Å². The molecule has 2 aromatic heterocycles. The fourth-order valence-corrected chi connectivity index (χ4v) is 4.42. The lowest BCUT2D eigenvalue weighted by Crippen LogP contribution is -2.40. The summed E-state index contributed by atoms with van der Waals surface area (Å²) in [5.74, 6) is 0.152. The molecule has 1 aliphatic rings. The Morgan fingerprint density at radius 2 is 1.91 bits per heavy atom. The minimum absolute atomic E-state index is 0.00629. The van der Waals surface area contributed by atoms with Crippen LogP contribution in [0.15, 0.2) is 60.9 Å². The minimum atomic E-state index is -0.289. The van der Waals surface area contributed by atoms with Crippen molar-refractivity contribution in [1.82, 2.24) is 15.2 Å². The van der Waals surface area contributed by atoms with Gasteiger partial charge in [0, 0.05) is 42.1 Å². The van der Waals surface area contributed by atoms with Gasteiger partial charge in [-0.15, -0.1) is 0 Å². The van der Waals surface area contributed by atoms with E-state index in [9.17, 15) is 9.59 Å². The number of H-pyrrole nitrogens is 1. The van der Waals surface area contributed by atoms with Crippen LogP contribution in [0.25, 0.3) is 10.9 Å². The molecule has 0 atom stereocenters. The van der Waals surface area contributed by atoms with E-state index in [4.69, 9.17) is 0 Å². The number of hydrogen-bond acceptors (Lipinski definition) is 5. The van der Waals surface area contributed by atoms with Crippen LogP contribution in [0.4, 0.5) is 22.9 Å². The van der Waals surface area contributed by atoms with Crippen molar-refractivity contribution in [3.63, 3.8) is 0 Å². The van der Waals surface area contributed by atoms with Gasteiger partial charge >= 0.3 is 0 Å². The van der Waals surface area contributed by atoms with E-state index in [1.54, 1.807) is 36.4 Å². The first-order chi connectivity index (χ1) is 16.3. The summed E-state index contributed by atoms with van der Waals surface area (Å²) in [6.07, 6.45) is 4.28. The maximum atomic E-state index is 13.2. The monoisotopic (exact) mass is 454 g/mol. The molecule has 3 N–H and O–H groups in total. The number of fused-ring (bicyclic) bond motifs is 2. The molecule has 5 rings (SSSR count). The number of benzene rings is 2. The molecule has 172 valence electrons. The van der Waals surface area contributed by atoms with Crippen LogP contribution in [0.3, 0.4) is 0 Å². The first-order valence-corrected chi connectivity index (χ1v) is 11.2. The number of nitrogens with zero attached hydrogens (tertiary/aromatic N) is 3. The van der Waals surface area contributed by atoms with E-state index in [1.165, 1.54) is 0 Å². The third kappa shape index (κ3) is 3.98. The van der Waals surface area contributed by atoms with E-state index in [0.717, 1.165) is 34.3 Å². The molecule has 0 fully saturated rings. The highest BCUT2D eigenvalue weighted by Gasteiger charge is 2.33. The molecular weight excluding hydrogens is 428 g/mol. The van der Waals surface area contributed by atoms with Gasteiger partial charge in [0.05, 0.1) is 17.3 Å². The van der Waals surface area contributed by atoms with Gasteiger partial charge in [0.25, 0.3) is 5.91 Å². The van der Waals surface area contributed by atoms with Gasteiger partial charge in [-0.1, -0.05) is 19.9 Å². The van der Waals surface area contributed by atoms with Crippen molar-refractivity contribution < 1.29 is 9.59 Å². The molecule has 0 saturated carbocycles. The molecule has 0 saturated heterocycles. The Bertz CT molecular complexity index is 1410. The van der Waals surface area contributed by atoms with Crippen molar-refractivity contribution in [2.75, 3.05) is 22.1 Å². The second-order valence-electron chi connectivity index (χ2n) is 9.19. The van der Waals surface area contributed by atoms with Gasteiger partial charge in [0.2, 0.25) is 5.91 Å². The van der Waals surface area contributed by atoms with Crippen LogP contribution in [-0.2, 0) is 10.2 Å². The van der Waals surface area contributed by atoms with E-state index in [1.807, 2.05) is 36.4 Å². The van der Waals surface area contributed by atoms with Crippen LogP contribution < -0.4 is 15.5 Å². The van der Waals surface area contributed by atoms with E-state index < -0.39 is 0 Å². The van der Waals surface area contributed by atoms with Crippen LogP contribution in [-0.4, -0.2) is 33.5 Å². The maximum Gasteiger partial charge on any atom is 0.259 e. The Morgan fingerprint density at radius 1 is 1.09 bits per heavy atom. The number of hydrogen-bond donors (Lipinski definition) is 3. The van der Waals surface area contributed by atoms with Crippen LogP contribution in [0, 0.1) is 0 Å². The van der Waals surface area contributed by atoms with Gasteiger partial charge in [-0.25, -0.2) is 4.98 Å². The smallest absolute Gasteiger partial charge is 0.259 e. The van der Waals surface area contributed by atoms with Crippen LogP contribution >= 0.6 is 0 Å². The quantitative estimate of drug-likeness (QED) is 0.403. The van der Waals surface area contributed by atoms with Crippen molar-refractivity contribution in [2.24, 2.45) is 0 Å². The number of nitrogens with one attached hydrogen (secondary N) is 3. The SMILES string of the molecule is CC(=O)N1CCC(C)(C)c2ccc(NC(=O)c3cccnc3Nc3ccc4cn[nH]c4c3)cc21. The fraction of sp³-hybridized carbons (Fsp3) is 0.231. The summed E-state index contributed by atoms with van der Waals surface area (Å²) in [5, 5.41) is 14.2. The van der Waals surface area contributed by atoms with Gasteiger partial charge in [-0.2, -0.15) is 5.10 Å². The number of amides is 2. The Balaban J connectivity index is 1.42. The molecule has 34 heavy (non-hydrogen) atoms. The third-order valence-electron chi connectivity index (χ3n) is 6.37. The lowest BCUT2D eigenvalue weighted by molar-refractivity contribution is -0.116. The Hall–Kier alpha value is -4.20. The Labute approximate surface area is 197 Å². The summed E-state index contributed by atoms with van der Waals surface area (Å²) in [7, 11) is 0. The van der Waals surface area contributed by atoms with Crippen molar-refractivity contribution in [3.8, 4) is 0 Å². The zero-order valence-electron chi connectivity index (χ0n) is 19.3. The van der Waals surface area contributed by atoms with Gasteiger partial charge in [-0.05, 0) is 59.9 Å². The molecule has 0 aliphatic carbocycles. The molecule has 8 nitrogen and oxygen atoms in total. The molecule has 0 radical (unpaired) electrons. The van der Waals surface area contributed by atoms with E-state index in [0.29, 0.717) is 23.6 Å². The minimum Gasteiger partial charge on any atom is -0.340 e. The summed E-state index contributed by atoms with van der Waals surface area (Å²) >= 11 is 0. The number of pyridine rings is 1. The summed E-state index contributed by atoms with van der Waals surface area (Å²) in [5.41, 5.74) is 4.62. The van der Waals surface area contributed by atoms with Gasteiger partial charge < -0.3 is 15.5 Å². The number of anilines is 4. The van der Waals surface area contributed by atoms with Gasteiger partial charge in [0.1, 0.15) is 5.82 Å². The standard InChI is InChI=1S/C26H26N6O2/c1-16(33)32-12-10-26(2,3)21-9-8-19(14-23(21)32)30-25(34)20-5-4-11-27-24(20)29-18-7-6-17-15-28-31-22(17)13-18/h4-9,11,13-15H,10,12H2,1-3H3,(H,27,29)(H,28,31)(H,30,34). The third-order valence-corrected chi connectivity index (χ3v) is 6.37. The molecule has 2 aromatic carbocycles. The van der Waals surface area contributed by atoms with Gasteiger partial charge in [-0.3, -0.25) is 14.7 Å². The number of rotatable bonds is 4. The zero-order valence-corrected chi connectivity index (χ0v) is 19.3. The first kappa shape index (κ1) is 21.6. The first-order valence-electron chi connectivity index (χ1n) is 11.2. The zero-order chi connectivity index (χ0) is 23.9. The van der Waals surface area contributed by atoms with Crippen LogP contribution in [0.1, 0.15) is 43.1 Å². The lowest BCUT2D eigenvalue weighted by atomic mass is 9.77. The highest BCUT2D eigenvalue weighted by molar-refractivity contribution is 6.08. The summed E-state index contributed by atoms with van der Waals surface area (Å²) < 4.78 is 0. The lowest BCUT2D eigenvalue weighted by Gasteiger charge is -2.39. The maximum absolute atomic E-state index is 13.2. The molecular formula is C26H26N6O2. The molecule has 4 aromatic rings. The van der Waals surface area contributed by atoms with Crippen molar-refractivity contribution in [3.05, 3.63) is 72.1 Å². The second kappa shape index (κ2) is 8.30. The number of carbonyl (C=O) groups excluding carboxylic acids is 2. The average Bonchev–Trinajstić information content (AvgIpc) is 3.27. The summed E-state index contributed by atoms with van der Waals surface area (Å²) in [6.45, 7) is 6.58. The normalized spacial score (nSPS) is 14.5. The highest BCUT2D eigenvalue weighted by atomic mass is 16.2. The van der Waals surface area contributed by atoms with E-state index in [2.05, 4.69) is 39.7 Å². The predicted molar refractivity (Wildman–Crippen MR) is 134 cm³/mol. The molecule has 0 bridgehead atoms. The number of aromatic nitrogens is 3. The fourth-order valence-electron chi connectivity index (χ4n) is 4.42. The van der Waals surface area contributed by atoms with Crippen LogP contribution in [0.5, 0.6) is 0 Å². The molecule has 0 unspecified atom stereocenters. The van der Waals surface area contributed by atoms with Crippen molar-refractivity contribution in [2.45, 2.75) is 32.6 Å². The molecule has 3 heterocycles. The predicted octanol–water partition coefficient (Wildman–Crippen LogP) is 4.99. The van der Waals surface area contributed by atoms with Crippen LogP contribution in [0.2, 0.25) is 0 Å². The average molecular weight is 455 g/mol. The van der Waals surface area contributed by atoms with Crippen molar-refractivity contribution in [1.29, 1.82) is 0 Å². The summed E-state index contributed by atoms with van der Waals surface area (Å²) in [4.78, 5) is 31.6. The molecule has 0 spiro atoms. The molecule has 8 heteroatoms. The Kier molecular flexibility index (Phi) is 5.28. The topological polar surface area (TPSA) is 103 Å². The number of carbonyl (C=O) groups is 2. The summed E-state index contributed by atoms with van der Waals surface area (Å²) in [6, 6.07) is 15.0. The molecule has 1 aliphatic heterocycles.